The predicted octanol–water partition coefficient (Wildman–Crippen LogP) is 1.65. The van der Waals surface area contributed by atoms with Crippen LogP contribution in [-0.2, 0) is 14.3 Å². The summed E-state index contributed by atoms with van der Waals surface area (Å²) in [7, 11) is 0. The molecule has 0 radical (unpaired) electrons. The molecule has 0 atom stereocenters. The minimum absolute atomic E-state index is 0.0291. The van der Waals surface area contributed by atoms with Crippen LogP contribution in [0.5, 0.6) is 0 Å². The molecule has 76 valence electrons. The summed E-state index contributed by atoms with van der Waals surface area (Å²) < 4.78 is 4.49. The fourth-order valence-electron chi connectivity index (χ4n) is 0.745. The summed E-state index contributed by atoms with van der Waals surface area (Å²) in [6.07, 6.45) is 4.03. The highest BCUT2D eigenvalue weighted by molar-refractivity contribution is 5.91. The number of hydrogen-bond acceptors (Lipinski definition) is 3. The molecule has 0 spiro atoms. The van der Waals surface area contributed by atoms with Gasteiger partial charge < -0.3 is 9.84 Å². The van der Waals surface area contributed by atoms with Crippen LogP contribution < -0.4 is 0 Å². The van der Waals surface area contributed by atoms with Crippen molar-refractivity contribution in [1.82, 2.24) is 0 Å². The van der Waals surface area contributed by atoms with Gasteiger partial charge in [0.2, 0.25) is 0 Å². The number of hydrogen-bond donors (Lipinski definition) is 1. The van der Waals surface area contributed by atoms with E-state index < -0.39 is 11.9 Å². The average Bonchev–Trinajstić information content (AvgIpc) is 2.12. The molecule has 0 saturated carbocycles. The molecule has 0 fully saturated rings. The first kappa shape index (κ1) is 12.2. The van der Waals surface area contributed by atoms with E-state index in [-0.39, 0.29) is 18.4 Å². The average molecular weight is 196 g/mol. The van der Waals surface area contributed by atoms with Gasteiger partial charge in [0.1, 0.15) is 0 Å². The van der Waals surface area contributed by atoms with E-state index in [0.29, 0.717) is 0 Å². The topological polar surface area (TPSA) is 63.6 Å². The summed E-state index contributed by atoms with van der Waals surface area (Å²) in [6.45, 7) is 6.64. The van der Waals surface area contributed by atoms with Gasteiger partial charge in [-0.05, 0) is 6.42 Å². The zero-order chi connectivity index (χ0) is 11.0. The Labute approximate surface area is 82.2 Å². The molecule has 0 aromatic heterocycles. The summed E-state index contributed by atoms with van der Waals surface area (Å²) in [5, 5.41) is 8.35. The van der Waals surface area contributed by atoms with Crippen molar-refractivity contribution in [3.8, 4) is 0 Å². The molecule has 0 aromatic rings. The highest BCUT2D eigenvalue weighted by Crippen LogP contribution is 2.03. The molecule has 0 saturated heterocycles. The fourth-order valence-corrected chi connectivity index (χ4v) is 0.745. The van der Waals surface area contributed by atoms with E-state index in [1.807, 2.05) is 0 Å². The van der Waals surface area contributed by atoms with Crippen molar-refractivity contribution in [3.05, 3.63) is 37.1 Å². The number of carbonyl (C=O) groups excluding carboxylic acids is 1. The Hall–Kier alpha value is -1.84. The molecule has 0 rings (SSSR count). The smallest absolute Gasteiger partial charge is 0.342 e. The van der Waals surface area contributed by atoms with Crippen LogP contribution in [0.4, 0.5) is 0 Å². The Morgan fingerprint density at radius 2 is 2.00 bits per heavy atom. The summed E-state index contributed by atoms with van der Waals surface area (Å²) in [5.41, 5.74) is 0.242. The first-order chi connectivity index (χ1) is 6.61. The summed E-state index contributed by atoms with van der Waals surface area (Å²) >= 11 is 0. The Morgan fingerprint density at radius 3 is 2.43 bits per heavy atom. The van der Waals surface area contributed by atoms with Gasteiger partial charge in [-0.1, -0.05) is 25.3 Å². The van der Waals surface area contributed by atoms with Crippen molar-refractivity contribution in [2.45, 2.75) is 12.8 Å². The van der Waals surface area contributed by atoms with Crippen LogP contribution in [0.1, 0.15) is 12.8 Å². The Bertz CT molecular complexity index is 276. The van der Waals surface area contributed by atoms with Gasteiger partial charge in [0.25, 0.3) is 0 Å². The molecular formula is C10H12O4. The van der Waals surface area contributed by atoms with Gasteiger partial charge in [-0.2, -0.15) is 0 Å². The van der Waals surface area contributed by atoms with E-state index in [0.717, 1.165) is 6.26 Å². The van der Waals surface area contributed by atoms with Crippen molar-refractivity contribution >= 4 is 11.9 Å². The molecule has 14 heavy (non-hydrogen) atoms. The maximum absolute atomic E-state index is 11.1. The molecule has 4 nitrogen and oxygen atoms in total. The SMILES string of the molecule is C=COC(=O)C(C=C)=CCCC(=O)O. The van der Waals surface area contributed by atoms with Crippen LogP contribution >= 0.6 is 0 Å². The van der Waals surface area contributed by atoms with Gasteiger partial charge >= 0.3 is 11.9 Å². The van der Waals surface area contributed by atoms with Gasteiger partial charge in [0.05, 0.1) is 11.8 Å². The number of esters is 1. The van der Waals surface area contributed by atoms with Crippen molar-refractivity contribution in [3.63, 3.8) is 0 Å². The number of ether oxygens (including phenoxy) is 1. The molecule has 0 aliphatic rings. The van der Waals surface area contributed by atoms with Gasteiger partial charge in [0, 0.05) is 6.42 Å². The van der Waals surface area contributed by atoms with Gasteiger partial charge in [-0.3, -0.25) is 4.79 Å². The third-order valence-corrected chi connectivity index (χ3v) is 1.37. The molecule has 0 amide bonds. The first-order valence-corrected chi connectivity index (χ1v) is 3.98. The van der Waals surface area contributed by atoms with Crippen LogP contribution in [0, 0.1) is 0 Å². The van der Waals surface area contributed by atoms with Crippen LogP contribution in [0.2, 0.25) is 0 Å². The van der Waals surface area contributed by atoms with E-state index in [9.17, 15) is 9.59 Å². The van der Waals surface area contributed by atoms with E-state index in [1.165, 1.54) is 12.2 Å². The lowest BCUT2D eigenvalue weighted by molar-refractivity contribution is -0.137. The van der Waals surface area contributed by atoms with Gasteiger partial charge in [-0.15, -0.1) is 0 Å². The quantitative estimate of drug-likeness (QED) is 0.303. The fraction of sp³-hybridized carbons (Fsp3) is 0.200. The van der Waals surface area contributed by atoms with Crippen LogP contribution in [0.3, 0.4) is 0 Å². The minimum Gasteiger partial charge on any atom is -0.481 e. The monoisotopic (exact) mass is 196 g/mol. The summed E-state index contributed by atoms with van der Waals surface area (Å²) in [5.74, 6) is -1.50. The standard InChI is InChI=1S/C10H12O4/c1-3-8(10(13)14-4-2)6-5-7-9(11)12/h3-4,6H,1-2,5,7H2,(H,11,12). The molecular weight excluding hydrogens is 184 g/mol. The highest BCUT2D eigenvalue weighted by atomic mass is 16.5. The number of carboxylic acid groups (broad SMARTS) is 1. The maximum atomic E-state index is 11.1. The highest BCUT2D eigenvalue weighted by Gasteiger charge is 2.05. The molecule has 4 heteroatoms. The van der Waals surface area contributed by atoms with Crippen molar-refractivity contribution in [1.29, 1.82) is 0 Å². The summed E-state index contributed by atoms with van der Waals surface area (Å²) in [6, 6.07) is 0. The number of carboxylic acids is 1. The molecule has 1 N–H and O–H groups in total. The molecule has 0 aromatic carbocycles. The van der Waals surface area contributed by atoms with Crippen LogP contribution in [-0.4, -0.2) is 17.0 Å². The predicted molar refractivity (Wildman–Crippen MR) is 51.4 cm³/mol. The second-order valence-electron chi connectivity index (χ2n) is 2.37. The van der Waals surface area contributed by atoms with E-state index >= 15 is 0 Å². The number of rotatable bonds is 6. The van der Waals surface area contributed by atoms with Crippen LogP contribution in [0.25, 0.3) is 0 Å². The second-order valence-corrected chi connectivity index (χ2v) is 2.37. The minimum atomic E-state index is -0.915. The van der Waals surface area contributed by atoms with Gasteiger partial charge in [0.15, 0.2) is 0 Å². The largest absolute Gasteiger partial charge is 0.481 e. The normalized spacial score (nSPS) is 10.4. The first-order valence-electron chi connectivity index (χ1n) is 3.98. The number of aliphatic carboxylic acids is 1. The third kappa shape index (κ3) is 4.92. The second kappa shape index (κ2) is 6.65. The molecule has 0 aliphatic heterocycles. The molecule has 0 heterocycles. The molecule has 0 unspecified atom stereocenters. The van der Waals surface area contributed by atoms with E-state index in [2.05, 4.69) is 17.9 Å². The third-order valence-electron chi connectivity index (χ3n) is 1.37. The lowest BCUT2D eigenvalue weighted by Crippen LogP contribution is -2.02. The van der Waals surface area contributed by atoms with Crippen LogP contribution in [0.15, 0.2) is 37.1 Å². The summed E-state index contributed by atoms with van der Waals surface area (Å²) in [4.78, 5) is 21.2. The van der Waals surface area contributed by atoms with Gasteiger partial charge in [-0.25, -0.2) is 4.79 Å². The lowest BCUT2D eigenvalue weighted by atomic mass is 10.2. The molecule has 0 aliphatic carbocycles. The zero-order valence-corrected chi connectivity index (χ0v) is 7.73. The number of carbonyl (C=O) groups is 2. The number of allylic oxidation sites excluding steroid dienone is 1. The van der Waals surface area contributed by atoms with Crippen molar-refractivity contribution in [2.24, 2.45) is 0 Å². The van der Waals surface area contributed by atoms with E-state index in [1.54, 1.807) is 0 Å². The molecule has 0 bridgehead atoms. The van der Waals surface area contributed by atoms with E-state index in [4.69, 9.17) is 5.11 Å². The maximum Gasteiger partial charge on any atom is 0.342 e. The Morgan fingerprint density at radius 1 is 1.36 bits per heavy atom. The van der Waals surface area contributed by atoms with Crippen molar-refractivity contribution in [2.75, 3.05) is 0 Å². The Balaban J connectivity index is 4.24. The Kier molecular flexibility index (Phi) is 5.78. The zero-order valence-electron chi connectivity index (χ0n) is 7.73. The lowest BCUT2D eigenvalue weighted by Gasteiger charge is -1.98. The van der Waals surface area contributed by atoms with Crippen molar-refractivity contribution < 1.29 is 19.4 Å².